The van der Waals surface area contributed by atoms with Crippen molar-refractivity contribution in [2.24, 2.45) is 11.5 Å². The summed E-state index contributed by atoms with van der Waals surface area (Å²) in [5, 5.41) is 19.4. The number of rotatable bonds is 8. The molecule has 2 aromatic heterocycles. The highest BCUT2D eigenvalue weighted by Gasteiger charge is 2.38. The summed E-state index contributed by atoms with van der Waals surface area (Å²) in [7, 11) is 0. The number of carboxylic acids is 2. The van der Waals surface area contributed by atoms with Crippen LogP contribution in [0.3, 0.4) is 0 Å². The van der Waals surface area contributed by atoms with E-state index in [1.54, 1.807) is 23.6 Å². The van der Waals surface area contributed by atoms with Crippen molar-refractivity contribution in [2.75, 3.05) is 11.4 Å². The van der Waals surface area contributed by atoms with Crippen molar-refractivity contribution in [3.05, 3.63) is 97.3 Å². The van der Waals surface area contributed by atoms with Gasteiger partial charge in [-0.2, -0.15) is 13.2 Å². The van der Waals surface area contributed by atoms with E-state index in [2.05, 4.69) is 9.97 Å². The molecule has 1 aliphatic carbocycles. The number of alkyl halides is 3. The van der Waals surface area contributed by atoms with E-state index in [1.807, 2.05) is 36.4 Å². The lowest BCUT2D eigenvalue weighted by atomic mass is 10.0. The quantitative estimate of drug-likeness (QED) is 0.205. The van der Waals surface area contributed by atoms with Crippen LogP contribution in [0.4, 0.5) is 19.0 Å². The molecule has 0 radical (unpaired) electrons. The third-order valence-corrected chi connectivity index (χ3v) is 8.27. The molecule has 6 N–H and O–H groups in total. The number of aromatic nitrogens is 2. The Hall–Kier alpha value is -4.67. The zero-order valence-corrected chi connectivity index (χ0v) is 25.8. The second-order valence-corrected chi connectivity index (χ2v) is 11.7. The van der Waals surface area contributed by atoms with Gasteiger partial charge >= 0.3 is 18.1 Å². The van der Waals surface area contributed by atoms with Crippen LogP contribution in [-0.4, -0.2) is 56.7 Å². The maximum atomic E-state index is 12.9. The molecule has 0 saturated heterocycles. The summed E-state index contributed by atoms with van der Waals surface area (Å²) in [5.41, 5.74) is 14.2. The van der Waals surface area contributed by atoms with Gasteiger partial charge in [-0.1, -0.05) is 42.5 Å². The maximum absolute atomic E-state index is 12.9. The molecule has 2 amide bonds. The van der Waals surface area contributed by atoms with Gasteiger partial charge in [-0.25, -0.2) is 14.8 Å². The molecule has 2 aromatic carbocycles. The summed E-state index contributed by atoms with van der Waals surface area (Å²) in [5.74, 6) is -4.32. The standard InChI is InChI=1S/C20H19N3O3S.C8H10N2OS.C2HF3O2/c21-11-15-7-4-8-16(9-15)20(26)23(12-19(24)25)17-13-27-18(22-17)10-14-5-2-1-3-6-14;9-7(11)8-10-5-3-1-2-4-6(5)12-8;3-2(4,5)1(6)7/h1-9,13H,10-12,21H2,(H,24,25);1-4H2,(H2,9,11);(H,6,7). The van der Waals surface area contributed by atoms with E-state index in [0.717, 1.165) is 34.7 Å². The number of aliphatic carboxylic acids is 2. The summed E-state index contributed by atoms with van der Waals surface area (Å²) in [4.78, 5) is 55.0. The normalized spacial score (nSPS) is 12.0. The Bertz CT molecular complexity index is 1640. The smallest absolute Gasteiger partial charge is 0.480 e. The van der Waals surface area contributed by atoms with E-state index >= 15 is 0 Å². The van der Waals surface area contributed by atoms with Crippen LogP contribution in [0.2, 0.25) is 0 Å². The second-order valence-electron chi connectivity index (χ2n) is 9.71. The topological polar surface area (TPSA) is 190 Å². The Morgan fingerprint density at radius 3 is 2.17 bits per heavy atom. The molecule has 5 rings (SSSR count). The van der Waals surface area contributed by atoms with Gasteiger partial charge in [-0.3, -0.25) is 19.3 Å². The van der Waals surface area contributed by atoms with Crippen LogP contribution in [0, 0.1) is 0 Å². The lowest BCUT2D eigenvalue weighted by Crippen LogP contribution is -2.36. The Morgan fingerprint density at radius 2 is 1.59 bits per heavy atom. The molecule has 0 aliphatic heterocycles. The molecule has 0 spiro atoms. The number of hydrogen-bond donors (Lipinski definition) is 4. The van der Waals surface area contributed by atoms with Crippen molar-refractivity contribution in [1.29, 1.82) is 0 Å². The Balaban J connectivity index is 0.000000248. The van der Waals surface area contributed by atoms with E-state index in [1.165, 1.54) is 45.3 Å². The minimum absolute atomic E-state index is 0.304. The molecule has 46 heavy (non-hydrogen) atoms. The summed E-state index contributed by atoms with van der Waals surface area (Å²) in [6, 6.07) is 16.7. The molecule has 0 unspecified atom stereocenters. The molecule has 1 aliphatic rings. The SMILES string of the molecule is NC(=O)c1nc2c(s1)CCCC2.NCc1cccc(C(=O)N(CC(=O)O)c2csc(Cc3ccccc3)n2)c1.O=C(O)C(F)(F)F. The van der Waals surface area contributed by atoms with Crippen molar-refractivity contribution in [3.8, 4) is 0 Å². The van der Waals surface area contributed by atoms with Gasteiger partial charge in [-0.05, 0) is 48.9 Å². The van der Waals surface area contributed by atoms with Crippen LogP contribution >= 0.6 is 22.7 Å². The Labute approximate surface area is 269 Å². The highest BCUT2D eigenvalue weighted by molar-refractivity contribution is 7.13. The molecule has 244 valence electrons. The highest BCUT2D eigenvalue weighted by atomic mass is 32.1. The van der Waals surface area contributed by atoms with Gasteiger partial charge in [0.15, 0.2) is 5.01 Å². The molecule has 2 heterocycles. The average molecular weight is 678 g/mol. The van der Waals surface area contributed by atoms with Crippen LogP contribution < -0.4 is 16.4 Å². The molecule has 0 atom stereocenters. The Kier molecular flexibility index (Phi) is 12.9. The zero-order valence-electron chi connectivity index (χ0n) is 24.2. The molecule has 0 saturated carbocycles. The van der Waals surface area contributed by atoms with Crippen LogP contribution in [-0.2, 0) is 35.4 Å². The summed E-state index contributed by atoms with van der Waals surface area (Å²) in [6.45, 7) is -0.155. The first-order valence-electron chi connectivity index (χ1n) is 13.7. The number of carbonyl (C=O) groups excluding carboxylic acids is 2. The van der Waals surface area contributed by atoms with E-state index in [9.17, 15) is 32.7 Å². The monoisotopic (exact) mass is 677 g/mol. The Morgan fingerprint density at radius 1 is 0.935 bits per heavy atom. The van der Waals surface area contributed by atoms with E-state index in [4.69, 9.17) is 21.4 Å². The number of fused-ring (bicyclic) bond motifs is 1. The van der Waals surface area contributed by atoms with Gasteiger partial charge < -0.3 is 21.7 Å². The molecular weight excluding hydrogens is 647 g/mol. The van der Waals surface area contributed by atoms with Crippen LogP contribution in [0.25, 0.3) is 0 Å². The van der Waals surface area contributed by atoms with Gasteiger partial charge in [0.25, 0.3) is 11.8 Å². The van der Waals surface area contributed by atoms with Crippen molar-refractivity contribution < 1.29 is 42.6 Å². The fourth-order valence-electron chi connectivity index (χ4n) is 4.11. The molecule has 11 nitrogen and oxygen atoms in total. The summed E-state index contributed by atoms with van der Waals surface area (Å²) in [6.07, 6.45) is 0.0327. The van der Waals surface area contributed by atoms with Crippen molar-refractivity contribution in [1.82, 2.24) is 9.97 Å². The number of nitrogens with zero attached hydrogens (tertiary/aromatic N) is 3. The number of hydrogen-bond acceptors (Lipinski definition) is 9. The number of carboxylic acid groups (broad SMARTS) is 2. The predicted molar refractivity (Wildman–Crippen MR) is 166 cm³/mol. The van der Waals surface area contributed by atoms with Gasteiger partial charge in [0.2, 0.25) is 0 Å². The van der Waals surface area contributed by atoms with Crippen LogP contribution in [0.1, 0.15) is 59.7 Å². The van der Waals surface area contributed by atoms with Crippen LogP contribution in [0.5, 0.6) is 0 Å². The predicted octanol–water partition coefficient (Wildman–Crippen LogP) is 4.68. The highest BCUT2D eigenvalue weighted by Crippen LogP contribution is 2.26. The molecular formula is C30H30F3N5O6S2. The van der Waals surface area contributed by atoms with E-state index < -0.39 is 36.5 Å². The number of thiazole rings is 2. The van der Waals surface area contributed by atoms with Gasteiger partial charge in [0.05, 0.1) is 10.7 Å². The van der Waals surface area contributed by atoms with Crippen molar-refractivity contribution in [2.45, 2.75) is 44.8 Å². The summed E-state index contributed by atoms with van der Waals surface area (Å²) < 4.78 is 31.7. The zero-order chi connectivity index (χ0) is 33.9. The number of anilines is 1. The fourth-order valence-corrected chi connectivity index (χ4v) is 5.93. The number of benzene rings is 2. The van der Waals surface area contributed by atoms with E-state index in [-0.39, 0.29) is 0 Å². The van der Waals surface area contributed by atoms with Gasteiger partial charge in [0.1, 0.15) is 12.4 Å². The minimum atomic E-state index is -5.08. The fraction of sp³-hybridized carbons (Fsp3) is 0.267. The number of amides is 2. The first-order chi connectivity index (χ1) is 21.8. The molecule has 0 fully saturated rings. The number of carbonyl (C=O) groups is 4. The van der Waals surface area contributed by atoms with Crippen molar-refractivity contribution >= 4 is 52.2 Å². The number of primary amides is 1. The number of aryl methyl sites for hydroxylation is 2. The number of nitrogens with two attached hydrogens (primary N) is 2. The van der Waals surface area contributed by atoms with Crippen LogP contribution in [0.15, 0.2) is 60.0 Å². The van der Waals surface area contributed by atoms with E-state index in [0.29, 0.717) is 29.4 Å². The van der Waals surface area contributed by atoms with Gasteiger partial charge in [-0.15, -0.1) is 22.7 Å². The average Bonchev–Trinajstić information content (AvgIpc) is 3.68. The van der Waals surface area contributed by atoms with Crippen molar-refractivity contribution in [3.63, 3.8) is 0 Å². The minimum Gasteiger partial charge on any atom is -0.480 e. The third-order valence-electron chi connectivity index (χ3n) is 6.26. The third kappa shape index (κ3) is 10.7. The molecule has 0 bridgehead atoms. The number of halogens is 3. The lowest BCUT2D eigenvalue weighted by Gasteiger charge is -2.18. The first-order valence-corrected chi connectivity index (χ1v) is 15.4. The lowest BCUT2D eigenvalue weighted by molar-refractivity contribution is -0.192. The maximum Gasteiger partial charge on any atom is 0.490 e. The molecule has 16 heteroatoms. The molecule has 4 aromatic rings. The largest absolute Gasteiger partial charge is 0.490 e. The second kappa shape index (κ2) is 16.6. The first kappa shape index (κ1) is 35.8. The van der Waals surface area contributed by atoms with Gasteiger partial charge in [0, 0.05) is 28.8 Å². The summed E-state index contributed by atoms with van der Waals surface area (Å²) >= 11 is 2.86.